The van der Waals surface area contributed by atoms with Crippen molar-refractivity contribution in [2.45, 2.75) is 58.8 Å². The van der Waals surface area contributed by atoms with E-state index in [-0.39, 0.29) is 12.4 Å². The molecule has 4 aromatic rings. The molecule has 48 heavy (non-hydrogen) atoms. The zero-order chi connectivity index (χ0) is 33.7. The van der Waals surface area contributed by atoms with Crippen LogP contribution in [0.2, 0.25) is 0 Å². The molecule has 9 nitrogen and oxygen atoms in total. The summed E-state index contributed by atoms with van der Waals surface area (Å²) in [5.41, 5.74) is 1.82. The summed E-state index contributed by atoms with van der Waals surface area (Å²) in [7, 11) is 0. The summed E-state index contributed by atoms with van der Waals surface area (Å²) in [5, 5.41) is 0.730. The fourth-order valence-corrected chi connectivity index (χ4v) is 6.65. The molecule has 0 N–H and O–H groups in total. The number of hydrogen-bond donors (Lipinski definition) is 0. The largest absolute Gasteiger partial charge is 0.513 e. The molecule has 5 rings (SSSR count). The smallest absolute Gasteiger partial charge is 0.492 e. The standard InChI is InChI=1S/C38H43NO8S/c1-3-5-23-44-37(41)46-30-16-12-28(13-17-30)36-34(32-19-18-31(26-33(32)48-36)47-38(42)45-24-6-4-2)35(40)27-10-14-29(15-11-27)43-25-22-39-20-8-7-9-21-39/h10-19,26H,3-9,20-25H2,1-2H3. The molecule has 3 aromatic carbocycles. The number of thiophene rings is 1. The van der Waals surface area contributed by atoms with Gasteiger partial charge in [-0.05, 0) is 111 Å². The highest BCUT2D eigenvalue weighted by molar-refractivity contribution is 7.22. The van der Waals surface area contributed by atoms with Crippen molar-refractivity contribution in [3.63, 3.8) is 0 Å². The fourth-order valence-electron chi connectivity index (χ4n) is 5.42. The van der Waals surface area contributed by atoms with Gasteiger partial charge in [0.25, 0.3) is 0 Å². The highest BCUT2D eigenvalue weighted by Gasteiger charge is 2.23. The second-order valence-corrected chi connectivity index (χ2v) is 12.8. The lowest BCUT2D eigenvalue weighted by atomic mass is 9.97. The first-order chi connectivity index (χ1) is 23.4. The van der Waals surface area contributed by atoms with Gasteiger partial charge in [0.1, 0.15) is 23.9 Å². The van der Waals surface area contributed by atoms with E-state index < -0.39 is 12.3 Å². The maximum absolute atomic E-state index is 14.2. The van der Waals surface area contributed by atoms with Crippen molar-refractivity contribution in [2.24, 2.45) is 0 Å². The van der Waals surface area contributed by atoms with E-state index in [1.165, 1.54) is 30.6 Å². The van der Waals surface area contributed by atoms with Gasteiger partial charge in [-0.1, -0.05) is 33.1 Å². The van der Waals surface area contributed by atoms with Crippen LogP contribution in [0, 0.1) is 0 Å². The Labute approximate surface area is 285 Å². The highest BCUT2D eigenvalue weighted by atomic mass is 32.1. The van der Waals surface area contributed by atoms with Gasteiger partial charge in [-0.2, -0.15) is 0 Å². The second-order valence-electron chi connectivity index (χ2n) is 11.7. The first-order valence-electron chi connectivity index (χ1n) is 16.8. The molecule has 0 amide bonds. The van der Waals surface area contributed by atoms with Crippen molar-refractivity contribution in [1.82, 2.24) is 4.90 Å². The van der Waals surface area contributed by atoms with Crippen LogP contribution in [0.1, 0.15) is 74.7 Å². The molecule has 1 saturated heterocycles. The number of ketones is 1. The molecule has 0 atom stereocenters. The molecule has 0 saturated carbocycles. The number of carbonyl (C=O) groups excluding carboxylic acids is 3. The van der Waals surface area contributed by atoms with Crippen LogP contribution in [-0.4, -0.2) is 62.4 Å². The van der Waals surface area contributed by atoms with Gasteiger partial charge >= 0.3 is 12.3 Å². The maximum Gasteiger partial charge on any atom is 0.513 e. The molecule has 254 valence electrons. The minimum absolute atomic E-state index is 0.149. The Morgan fingerprint density at radius 2 is 1.31 bits per heavy atom. The van der Waals surface area contributed by atoms with E-state index in [4.69, 9.17) is 23.7 Å². The van der Waals surface area contributed by atoms with Gasteiger partial charge in [-0.25, -0.2) is 9.59 Å². The first-order valence-corrected chi connectivity index (χ1v) is 17.6. The van der Waals surface area contributed by atoms with Crippen molar-refractivity contribution < 1.29 is 38.1 Å². The quantitative estimate of drug-likeness (QED) is 0.0529. The van der Waals surface area contributed by atoms with Gasteiger partial charge in [-0.3, -0.25) is 9.69 Å². The van der Waals surface area contributed by atoms with Crippen LogP contribution in [0.15, 0.2) is 66.7 Å². The minimum atomic E-state index is -0.766. The molecular weight excluding hydrogens is 630 g/mol. The Kier molecular flexibility index (Phi) is 12.8. The summed E-state index contributed by atoms with van der Waals surface area (Å²) in [6.45, 7) is 8.33. The Morgan fingerprint density at radius 1 is 0.708 bits per heavy atom. The maximum atomic E-state index is 14.2. The van der Waals surface area contributed by atoms with Crippen LogP contribution in [0.3, 0.4) is 0 Å². The van der Waals surface area contributed by atoms with Crippen molar-refractivity contribution in [3.8, 4) is 27.7 Å². The topological polar surface area (TPSA) is 101 Å². The molecule has 0 unspecified atom stereocenters. The van der Waals surface area contributed by atoms with Crippen molar-refractivity contribution >= 4 is 39.5 Å². The van der Waals surface area contributed by atoms with E-state index in [0.717, 1.165) is 71.6 Å². The van der Waals surface area contributed by atoms with E-state index in [1.807, 2.05) is 26.0 Å². The van der Waals surface area contributed by atoms with Crippen LogP contribution in [-0.2, 0) is 9.47 Å². The van der Waals surface area contributed by atoms with Gasteiger partial charge in [0, 0.05) is 32.6 Å². The number of benzene rings is 3. The summed E-state index contributed by atoms with van der Waals surface area (Å²) in [6.07, 6.45) is 5.58. The number of carbonyl (C=O) groups is 3. The number of nitrogens with zero attached hydrogens (tertiary/aromatic N) is 1. The minimum Gasteiger partial charge on any atom is -0.492 e. The number of hydrogen-bond acceptors (Lipinski definition) is 10. The molecule has 1 fully saturated rings. The van der Waals surface area contributed by atoms with Gasteiger partial charge in [-0.15, -0.1) is 11.3 Å². The van der Waals surface area contributed by atoms with Gasteiger partial charge in [0.2, 0.25) is 0 Å². The molecule has 1 aliphatic heterocycles. The second kappa shape index (κ2) is 17.7. The van der Waals surface area contributed by atoms with E-state index in [1.54, 1.807) is 54.6 Å². The zero-order valence-corrected chi connectivity index (χ0v) is 28.5. The molecule has 0 aliphatic carbocycles. The number of unbranched alkanes of at least 4 members (excludes halogenated alkanes) is 2. The zero-order valence-electron chi connectivity index (χ0n) is 27.7. The lowest BCUT2D eigenvalue weighted by molar-refractivity contribution is 0.0968. The van der Waals surface area contributed by atoms with Gasteiger partial charge in [0.15, 0.2) is 5.78 Å². The lowest BCUT2D eigenvalue weighted by Gasteiger charge is -2.26. The summed E-state index contributed by atoms with van der Waals surface area (Å²) >= 11 is 1.41. The van der Waals surface area contributed by atoms with Gasteiger partial charge in [0.05, 0.1) is 13.2 Å². The fraction of sp³-hybridized carbons (Fsp3) is 0.395. The third-order valence-corrected chi connectivity index (χ3v) is 9.29. The van der Waals surface area contributed by atoms with Crippen LogP contribution >= 0.6 is 11.3 Å². The molecular formula is C38H43NO8S. The van der Waals surface area contributed by atoms with Crippen LogP contribution in [0.25, 0.3) is 20.5 Å². The van der Waals surface area contributed by atoms with E-state index in [9.17, 15) is 14.4 Å². The van der Waals surface area contributed by atoms with Crippen molar-refractivity contribution in [1.29, 1.82) is 0 Å². The average molecular weight is 674 g/mol. The number of ether oxygens (including phenoxy) is 5. The number of fused-ring (bicyclic) bond motifs is 1. The Morgan fingerprint density at radius 3 is 1.96 bits per heavy atom. The molecule has 1 aromatic heterocycles. The SMILES string of the molecule is CCCCOC(=O)Oc1ccc(-c2sc3cc(OC(=O)OCCCC)ccc3c2C(=O)c2ccc(OCCN3CCCCC3)cc2)cc1. The van der Waals surface area contributed by atoms with Crippen molar-refractivity contribution in [2.75, 3.05) is 39.5 Å². The van der Waals surface area contributed by atoms with Crippen LogP contribution in [0.4, 0.5) is 9.59 Å². The molecule has 1 aliphatic rings. The molecule has 0 radical (unpaired) electrons. The van der Waals surface area contributed by atoms with E-state index in [2.05, 4.69) is 4.90 Å². The molecule has 2 heterocycles. The Balaban J connectivity index is 1.37. The number of piperidine rings is 1. The summed E-state index contributed by atoms with van der Waals surface area (Å²) in [4.78, 5) is 41.6. The van der Waals surface area contributed by atoms with Crippen molar-refractivity contribution in [3.05, 3.63) is 77.9 Å². The van der Waals surface area contributed by atoms with E-state index >= 15 is 0 Å². The predicted molar refractivity (Wildman–Crippen MR) is 187 cm³/mol. The third kappa shape index (κ3) is 9.58. The molecule has 10 heteroatoms. The van der Waals surface area contributed by atoms with Gasteiger partial charge < -0.3 is 23.7 Å². The highest BCUT2D eigenvalue weighted by Crippen LogP contribution is 2.42. The predicted octanol–water partition coefficient (Wildman–Crippen LogP) is 9.30. The summed E-state index contributed by atoms with van der Waals surface area (Å²) < 4.78 is 27.8. The average Bonchev–Trinajstić information content (AvgIpc) is 3.48. The Hall–Kier alpha value is -4.41. The van der Waals surface area contributed by atoms with Crippen LogP contribution < -0.4 is 14.2 Å². The monoisotopic (exact) mass is 673 g/mol. The molecule has 0 bridgehead atoms. The normalized spacial score (nSPS) is 13.2. The summed E-state index contributed by atoms with van der Waals surface area (Å²) in [6, 6.07) is 19.4. The lowest BCUT2D eigenvalue weighted by Crippen LogP contribution is -2.33. The first kappa shape index (κ1) is 34.9. The molecule has 0 spiro atoms. The number of rotatable bonds is 15. The third-order valence-electron chi connectivity index (χ3n) is 8.08. The number of likely N-dealkylation sites (tertiary alicyclic amines) is 1. The summed E-state index contributed by atoms with van der Waals surface area (Å²) in [5.74, 6) is 1.23. The van der Waals surface area contributed by atoms with Crippen LogP contribution in [0.5, 0.6) is 17.2 Å². The Bertz CT molecular complexity index is 1660. The van der Waals surface area contributed by atoms with E-state index in [0.29, 0.717) is 35.8 Å².